The lowest BCUT2D eigenvalue weighted by molar-refractivity contribution is 0.308. The normalized spacial score (nSPS) is 11.8. The molecule has 2 N–H and O–H groups in total. The highest BCUT2D eigenvalue weighted by atomic mass is 32.2. The van der Waals surface area contributed by atoms with E-state index in [1.165, 1.54) is 0 Å². The van der Waals surface area contributed by atoms with E-state index in [0.29, 0.717) is 12.4 Å². The van der Waals surface area contributed by atoms with Crippen LogP contribution in [0.2, 0.25) is 0 Å². The summed E-state index contributed by atoms with van der Waals surface area (Å²) in [5.41, 5.74) is 0. The monoisotopic (exact) mass is 300 g/mol. The Hall–Kier alpha value is -1.11. The summed E-state index contributed by atoms with van der Waals surface area (Å²) in [5, 5.41) is 3.21. The van der Waals surface area contributed by atoms with Crippen LogP contribution < -0.4 is 14.8 Å². The van der Waals surface area contributed by atoms with Crippen molar-refractivity contribution in [2.75, 3.05) is 19.7 Å². The molecule has 0 aliphatic carbocycles. The lowest BCUT2D eigenvalue weighted by Crippen LogP contribution is -2.30. The van der Waals surface area contributed by atoms with Gasteiger partial charge in [-0.05, 0) is 57.6 Å². The first-order chi connectivity index (χ1) is 9.45. The minimum atomic E-state index is -3.42. The third-order valence-electron chi connectivity index (χ3n) is 2.54. The summed E-state index contributed by atoms with van der Waals surface area (Å²) in [6.07, 6.45) is 0.919. The first-order valence-corrected chi connectivity index (χ1v) is 8.40. The summed E-state index contributed by atoms with van der Waals surface area (Å²) < 4.78 is 31.9. The molecule has 1 rings (SSSR count). The smallest absolute Gasteiger partial charge is 0.240 e. The second-order valence-corrected chi connectivity index (χ2v) is 6.52. The number of nitrogens with one attached hydrogen (secondary N) is 2. The fourth-order valence-electron chi connectivity index (χ4n) is 1.66. The maximum absolute atomic E-state index is 11.9. The zero-order chi connectivity index (χ0) is 15.0. The van der Waals surface area contributed by atoms with Gasteiger partial charge >= 0.3 is 0 Å². The number of rotatable bonds is 9. The van der Waals surface area contributed by atoms with Gasteiger partial charge in [-0.25, -0.2) is 13.1 Å². The van der Waals surface area contributed by atoms with Gasteiger partial charge in [0.15, 0.2) is 0 Å². The van der Waals surface area contributed by atoms with Crippen LogP contribution in [0, 0.1) is 0 Å². The molecular weight excluding hydrogens is 276 g/mol. The molecule has 6 heteroatoms. The van der Waals surface area contributed by atoms with Crippen molar-refractivity contribution in [3.05, 3.63) is 24.3 Å². The van der Waals surface area contributed by atoms with E-state index in [-0.39, 0.29) is 10.9 Å². The maximum Gasteiger partial charge on any atom is 0.240 e. The van der Waals surface area contributed by atoms with Crippen LogP contribution in [0.3, 0.4) is 0 Å². The summed E-state index contributed by atoms with van der Waals surface area (Å²) in [6, 6.07) is 6.36. The molecular formula is C14H24N2O3S. The third kappa shape index (κ3) is 5.90. The molecule has 20 heavy (non-hydrogen) atoms. The lowest BCUT2D eigenvalue weighted by Gasteiger charge is -2.10. The average molecular weight is 300 g/mol. The van der Waals surface area contributed by atoms with E-state index in [1.54, 1.807) is 38.1 Å². The van der Waals surface area contributed by atoms with Crippen molar-refractivity contribution < 1.29 is 13.2 Å². The first-order valence-electron chi connectivity index (χ1n) is 6.91. The van der Waals surface area contributed by atoms with E-state index < -0.39 is 10.0 Å². The highest BCUT2D eigenvalue weighted by Gasteiger charge is 2.14. The molecule has 0 aromatic heterocycles. The standard InChI is InChI=1S/C14H24N2O3S/c1-4-15-10-5-11-19-13-6-8-14(9-7-13)20(17,18)16-12(2)3/h6-9,12,15-16H,4-5,10-11H2,1-3H3. The van der Waals surface area contributed by atoms with Gasteiger partial charge in [-0.3, -0.25) is 0 Å². The van der Waals surface area contributed by atoms with Gasteiger partial charge in [0.05, 0.1) is 11.5 Å². The summed E-state index contributed by atoms with van der Waals surface area (Å²) in [5.74, 6) is 0.685. The quantitative estimate of drug-likeness (QED) is 0.682. The summed E-state index contributed by atoms with van der Waals surface area (Å²) in [7, 11) is -3.42. The molecule has 0 aliphatic heterocycles. The van der Waals surface area contributed by atoms with E-state index >= 15 is 0 Å². The van der Waals surface area contributed by atoms with Gasteiger partial charge in [-0.2, -0.15) is 0 Å². The van der Waals surface area contributed by atoms with E-state index in [1.807, 2.05) is 0 Å². The summed E-state index contributed by atoms with van der Waals surface area (Å²) in [4.78, 5) is 0.256. The van der Waals surface area contributed by atoms with E-state index in [9.17, 15) is 8.42 Å². The summed E-state index contributed by atoms with van der Waals surface area (Å²) in [6.45, 7) is 8.13. The van der Waals surface area contributed by atoms with Crippen molar-refractivity contribution in [2.45, 2.75) is 38.1 Å². The average Bonchev–Trinajstić information content (AvgIpc) is 2.37. The molecule has 114 valence electrons. The molecule has 0 atom stereocenters. The van der Waals surface area contributed by atoms with Crippen LogP contribution in [0.4, 0.5) is 0 Å². The SMILES string of the molecule is CCNCCCOc1ccc(S(=O)(=O)NC(C)C)cc1. The van der Waals surface area contributed by atoms with Crippen molar-refractivity contribution in [2.24, 2.45) is 0 Å². The van der Waals surface area contributed by atoms with Crippen LogP contribution >= 0.6 is 0 Å². The maximum atomic E-state index is 11.9. The molecule has 0 fully saturated rings. The van der Waals surface area contributed by atoms with Gasteiger partial charge in [0, 0.05) is 6.04 Å². The molecule has 0 heterocycles. The zero-order valence-corrected chi connectivity index (χ0v) is 13.2. The van der Waals surface area contributed by atoms with Crippen molar-refractivity contribution >= 4 is 10.0 Å². The van der Waals surface area contributed by atoms with Crippen molar-refractivity contribution in [3.63, 3.8) is 0 Å². The zero-order valence-electron chi connectivity index (χ0n) is 12.3. The molecule has 0 amide bonds. The Morgan fingerprint density at radius 2 is 1.85 bits per heavy atom. The number of benzene rings is 1. The van der Waals surface area contributed by atoms with Gasteiger partial charge in [0.1, 0.15) is 5.75 Å². The van der Waals surface area contributed by atoms with Gasteiger partial charge in [0.2, 0.25) is 10.0 Å². The molecule has 0 saturated heterocycles. The number of hydrogen-bond acceptors (Lipinski definition) is 4. The molecule has 1 aromatic rings. The molecule has 1 aromatic carbocycles. The highest BCUT2D eigenvalue weighted by molar-refractivity contribution is 7.89. The van der Waals surface area contributed by atoms with Crippen LogP contribution in [0.5, 0.6) is 5.75 Å². The predicted molar refractivity (Wildman–Crippen MR) is 80.6 cm³/mol. The van der Waals surface area contributed by atoms with Gasteiger partial charge in [0.25, 0.3) is 0 Å². The highest BCUT2D eigenvalue weighted by Crippen LogP contribution is 2.16. The van der Waals surface area contributed by atoms with Crippen LogP contribution in [0.1, 0.15) is 27.2 Å². The van der Waals surface area contributed by atoms with Gasteiger partial charge < -0.3 is 10.1 Å². The Labute approximate surface area is 121 Å². The lowest BCUT2D eigenvalue weighted by atomic mass is 10.3. The van der Waals surface area contributed by atoms with Crippen LogP contribution in [-0.2, 0) is 10.0 Å². The molecule has 5 nitrogen and oxygen atoms in total. The fourth-order valence-corrected chi connectivity index (χ4v) is 2.91. The Kier molecular flexibility index (Phi) is 6.98. The van der Waals surface area contributed by atoms with Crippen LogP contribution in [0.15, 0.2) is 29.2 Å². The largest absolute Gasteiger partial charge is 0.494 e. The first kappa shape index (κ1) is 16.9. The van der Waals surface area contributed by atoms with Crippen molar-refractivity contribution in [1.82, 2.24) is 10.0 Å². The van der Waals surface area contributed by atoms with Crippen LogP contribution in [0.25, 0.3) is 0 Å². The Morgan fingerprint density at radius 1 is 1.20 bits per heavy atom. The molecule has 0 bridgehead atoms. The van der Waals surface area contributed by atoms with Crippen molar-refractivity contribution in [3.8, 4) is 5.75 Å². The molecule has 0 saturated carbocycles. The third-order valence-corrected chi connectivity index (χ3v) is 4.22. The van der Waals surface area contributed by atoms with E-state index in [2.05, 4.69) is 17.0 Å². The van der Waals surface area contributed by atoms with Crippen molar-refractivity contribution in [1.29, 1.82) is 0 Å². The second kappa shape index (κ2) is 8.24. The summed E-state index contributed by atoms with van der Waals surface area (Å²) >= 11 is 0. The van der Waals surface area contributed by atoms with Crippen LogP contribution in [-0.4, -0.2) is 34.2 Å². The van der Waals surface area contributed by atoms with Gasteiger partial charge in [-0.15, -0.1) is 0 Å². The molecule has 0 spiro atoms. The molecule has 0 aliphatic rings. The number of sulfonamides is 1. The second-order valence-electron chi connectivity index (χ2n) is 4.80. The topological polar surface area (TPSA) is 67.4 Å². The molecule has 0 radical (unpaired) electrons. The Morgan fingerprint density at radius 3 is 2.40 bits per heavy atom. The van der Waals surface area contributed by atoms with Gasteiger partial charge in [-0.1, -0.05) is 6.92 Å². The number of ether oxygens (including phenoxy) is 1. The predicted octanol–water partition coefficient (Wildman–Crippen LogP) is 1.75. The number of hydrogen-bond donors (Lipinski definition) is 2. The van der Waals surface area contributed by atoms with E-state index in [0.717, 1.165) is 19.5 Å². The minimum Gasteiger partial charge on any atom is -0.494 e. The van der Waals surface area contributed by atoms with E-state index in [4.69, 9.17) is 4.74 Å². The Bertz CT molecular complexity index is 484. The Balaban J connectivity index is 2.52. The minimum absolute atomic E-state index is 0.123. The fraction of sp³-hybridized carbons (Fsp3) is 0.571. The molecule has 0 unspecified atom stereocenters.